The van der Waals surface area contributed by atoms with Crippen LogP contribution >= 0.6 is 55.7 Å². The average molecular weight is 569 g/mol. The second kappa shape index (κ2) is 10.1. The quantitative estimate of drug-likeness (QED) is 0.231. The van der Waals surface area contributed by atoms with Crippen molar-refractivity contribution >= 4 is 71.8 Å². The van der Waals surface area contributed by atoms with Gasteiger partial charge in [-0.05, 0) is 27.3 Å². The summed E-state index contributed by atoms with van der Waals surface area (Å²) in [5.41, 5.74) is 4.32. The highest BCUT2D eigenvalue weighted by atomic mass is 79.9. The summed E-state index contributed by atoms with van der Waals surface area (Å²) in [7, 11) is -1.14. The molecule has 3 rings (SSSR count). The number of hydrogen-bond acceptors (Lipinski definition) is 1. The minimum atomic E-state index is -1.14. The van der Waals surface area contributed by atoms with Gasteiger partial charge in [0.2, 0.25) is 0 Å². The summed E-state index contributed by atoms with van der Waals surface area (Å²) < 4.78 is 0. The zero-order valence-electron chi connectivity index (χ0n) is 14.5. The molecule has 0 fully saturated rings. The van der Waals surface area contributed by atoms with Gasteiger partial charge in [0.1, 0.15) is 0 Å². The van der Waals surface area contributed by atoms with E-state index >= 15 is 0 Å². The molecule has 0 unspecified atom stereocenters. The highest BCUT2D eigenvalue weighted by molar-refractivity contribution is 9.09. The Morgan fingerprint density at radius 1 is 0.704 bits per heavy atom. The molecule has 0 amide bonds. The van der Waals surface area contributed by atoms with Gasteiger partial charge in [0.15, 0.2) is 5.52 Å². The Hall–Kier alpha value is -0.800. The summed E-state index contributed by atoms with van der Waals surface area (Å²) in [6, 6.07) is 24.5. The lowest BCUT2D eigenvalue weighted by molar-refractivity contribution is 0.108. The van der Waals surface area contributed by atoms with Crippen LogP contribution in [-0.2, 0) is 16.0 Å². The van der Waals surface area contributed by atoms with Crippen LogP contribution in [0, 0.1) is 0 Å². The molecule has 5 heteroatoms. The first-order chi connectivity index (χ1) is 13.2. The molecule has 0 aliphatic carbocycles. The number of halogens is 3. The predicted octanol–water partition coefficient (Wildman–Crippen LogP) is 6.64. The van der Waals surface area contributed by atoms with Gasteiger partial charge < -0.3 is 0 Å². The lowest BCUT2D eigenvalue weighted by Crippen LogP contribution is -2.20. The van der Waals surface area contributed by atoms with Crippen LogP contribution in [0.3, 0.4) is 0 Å². The lowest BCUT2D eigenvalue weighted by atomic mass is 10.0. The molecule has 0 spiro atoms. The molecule has 0 atom stereocenters. The van der Waals surface area contributed by atoms with Crippen molar-refractivity contribution in [1.82, 2.24) is 0 Å². The van der Waals surface area contributed by atoms with Gasteiger partial charge in [0, 0.05) is 29.5 Å². The molecule has 0 radical (unpaired) electrons. The van der Waals surface area contributed by atoms with E-state index in [1.54, 1.807) is 0 Å². The summed E-state index contributed by atoms with van der Waals surface area (Å²) >= 11 is 10.7. The van der Waals surface area contributed by atoms with E-state index in [9.17, 15) is 4.79 Å². The molecule has 0 N–H and O–H groups in total. The van der Waals surface area contributed by atoms with Crippen LogP contribution in [0.15, 0.2) is 72.8 Å². The van der Waals surface area contributed by atoms with E-state index in [1.165, 1.54) is 5.56 Å². The normalized spacial score (nSPS) is 11.0. The topological polar surface area (TPSA) is 17.1 Å². The first-order valence-corrected chi connectivity index (χ1v) is 13.2. The lowest BCUT2D eigenvalue weighted by Gasteiger charge is -2.21. The van der Waals surface area contributed by atoms with E-state index in [2.05, 4.69) is 84.2 Å². The van der Waals surface area contributed by atoms with Gasteiger partial charge in [-0.1, -0.05) is 121 Å². The third-order valence-corrected chi connectivity index (χ3v) is 8.36. The Labute approximate surface area is 186 Å². The van der Waals surface area contributed by atoms with Crippen LogP contribution in [0.4, 0.5) is 0 Å². The molecule has 0 aliphatic heterocycles. The van der Waals surface area contributed by atoms with Gasteiger partial charge >= 0.3 is 0 Å². The third kappa shape index (κ3) is 4.79. The second-order valence-electron chi connectivity index (χ2n) is 6.00. The predicted molar refractivity (Wildman–Crippen MR) is 128 cm³/mol. The van der Waals surface area contributed by atoms with Crippen molar-refractivity contribution < 1.29 is 4.79 Å². The Bertz CT molecular complexity index is 849. The van der Waals surface area contributed by atoms with Gasteiger partial charge in [-0.25, -0.2) is 0 Å². The average Bonchev–Trinajstić information content (AvgIpc) is 2.74. The summed E-state index contributed by atoms with van der Waals surface area (Å²) in [4.78, 5) is 13.9. The van der Waals surface area contributed by atoms with Gasteiger partial charge in [-0.3, -0.25) is 4.79 Å². The fourth-order valence-corrected chi connectivity index (χ4v) is 6.48. The van der Waals surface area contributed by atoms with Crippen molar-refractivity contribution in [3.8, 4) is 0 Å². The summed E-state index contributed by atoms with van der Waals surface area (Å²) in [5, 5.41) is 4.24. The number of alkyl halides is 3. The zero-order valence-corrected chi connectivity index (χ0v) is 20.2. The minimum Gasteiger partial charge on any atom is -0.288 e. The highest BCUT2D eigenvalue weighted by Gasteiger charge is 2.27. The van der Waals surface area contributed by atoms with Crippen molar-refractivity contribution in [2.24, 2.45) is 0 Å². The maximum absolute atomic E-state index is 13.9. The minimum absolute atomic E-state index is 0.201. The molecule has 0 bridgehead atoms. The van der Waals surface area contributed by atoms with Crippen molar-refractivity contribution in [2.75, 3.05) is 0 Å². The number of benzene rings is 3. The van der Waals surface area contributed by atoms with Gasteiger partial charge in [-0.2, -0.15) is 0 Å². The van der Waals surface area contributed by atoms with Crippen molar-refractivity contribution in [2.45, 2.75) is 16.0 Å². The summed E-state index contributed by atoms with van der Waals surface area (Å²) in [5.74, 6) is 0. The van der Waals surface area contributed by atoms with Gasteiger partial charge in [0.25, 0.3) is 0 Å². The van der Waals surface area contributed by atoms with E-state index in [4.69, 9.17) is 0 Å². The molecular weight excluding hydrogens is 551 g/mol. The van der Waals surface area contributed by atoms with Crippen molar-refractivity contribution in [1.29, 1.82) is 0 Å². The van der Waals surface area contributed by atoms with E-state index < -0.39 is 7.92 Å². The van der Waals surface area contributed by atoms with Gasteiger partial charge in [-0.15, -0.1) is 0 Å². The Kier molecular flexibility index (Phi) is 7.84. The van der Waals surface area contributed by atoms with E-state index in [-0.39, 0.29) is 5.52 Å². The fourth-order valence-electron chi connectivity index (χ4n) is 3.05. The number of carbonyl (C=O) groups excluding carboxylic acids is 1. The van der Waals surface area contributed by atoms with E-state index in [1.807, 2.05) is 36.4 Å². The van der Waals surface area contributed by atoms with Crippen LogP contribution in [0.1, 0.15) is 27.0 Å². The van der Waals surface area contributed by atoms with Crippen LogP contribution in [0.2, 0.25) is 0 Å². The first-order valence-electron chi connectivity index (χ1n) is 8.46. The largest absolute Gasteiger partial charge is 0.288 e. The fraction of sp³-hybridized carbons (Fsp3) is 0.136. The summed E-state index contributed by atoms with van der Waals surface area (Å²) in [6.07, 6.45) is 0. The Morgan fingerprint density at radius 2 is 1.15 bits per heavy atom. The molecule has 138 valence electrons. The Morgan fingerprint density at radius 3 is 1.52 bits per heavy atom. The molecule has 0 saturated heterocycles. The van der Waals surface area contributed by atoms with Crippen molar-refractivity contribution in [3.63, 3.8) is 0 Å². The van der Waals surface area contributed by atoms with E-state index in [0.29, 0.717) is 10.7 Å². The third-order valence-electron chi connectivity index (χ3n) is 4.25. The molecule has 3 aromatic carbocycles. The molecule has 27 heavy (non-hydrogen) atoms. The Balaban J connectivity index is 2.18. The maximum Gasteiger partial charge on any atom is 0.193 e. The SMILES string of the molecule is O=C(c1c(CBr)cc(CBr)cc1CBr)P(c1ccccc1)c1ccccc1. The standard InChI is InChI=1S/C22H18Br3OP/c23-13-16-11-17(14-24)21(18(12-16)15-25)22(26)27(19-7-3-1-4-8-19)20-9-5-2-6-10-20/h1-12H,13-15H2. The van der Waals surface area contributed by atoms with Crippen LogP contribution < -0.4 is 10.6 Å². The first kappa shape index (κ1) is 20.9. The molecule has 0 aromatic heterocycles. The van der Waals surface area contributed by atoms with Gasteiger partial charge in [0.05, 0.1) is 0 Å². The monoisotopic (exact) mass is 566 g/mol. The number of hydrogen-bond donors (Lipinski definition) is 0. The smallest absolute Gasteiger partial charge is 0.193 e. The van der Waals surface area contributed by atoms with Crippen LogP contribution in [0.5, 0.6) is 0 Å². The van der Waals surface area contributed by atoms with Crippen LogP contribution in [-0.4, -0.2) is 5.52 Å². The molecule has 3 aromatic rings. The molecular formula is C22H18Br3OP. The second-order valence-corrected chi connectivity index (χ2v) is 9.79. The number of rotatable bonds is 7. The van der Waals surface area contributed by atoms with Crippen molar-refractivity contribution in [3.05, 3.63) is 95.1 Å². The summed E-state index contributed by atoms with van der Waals surface area (Å²) in [6.45, 7) is 0. The molecule has 0 heterocycles. The number of carbonyl (C=O) groups is 1. The zero-order chi connectivity index (χ0) is 19.2. The highest BCUT2D eigenvalue weighted by Crippen LogP contribution is 2.40. The van der Waals surface area contributed by atoms with E-state index in [0.717, 1.165) is 32.6 Å². The molecule has 0 aliphatic rings. The van der Waals surface area contributed by atoms with Crippen LogP contribution in [0.25, 0.3) is 0 Å². The molecule has 1 nitrogen and oxygen atoms in total. The maximum atomic E-state index is 13.9. The molecule has 0 saturated carbocycles.